The quantitative estimate of drug-likeness (QED) is 0.928. The molecule has 4 heteroatoms. The third-order valence-corrected chi connectivity index (χ3v) is 4.45. The molecule has 3 rings (SSSR count). The fourth-order valence-electron chi connectivity index (χ4n) is 3.06. The van der Waals surface area contributed by atoms with E-state index in [-0.39, 0.29) is 0 Å². The van der Waals surface area contributed by atoms with Crippen molar-refractivity contribution in [3.05, 3.63) is 30.6 Å². The minimum Gasteiger partial charge on any atom is -0.382 e. The highest BCUT2D eigenvalue weighted by Crippen LogP contribution is 2.39. The van der Waals surface area contributed by atoms with Crippen LogP contribution in [0.5, 0.6) is 0 Å². The van der Waals surface area contributed by atoms with Crippen LogP contribution in [-0.2, 0) is 7.05 Å². The Hall–Kier alpha value is -1.84. The standard InChI is InChI=1S/C16H22N4/c1-16(2)10-4-5-14(16)18-13-8-6-12(7-9-13)15-19-17-11-20(15)3/h6-9,11,14,18H,4-5,10H2,1-3H3. The molecule has 0 bridgehead atoms. The van der Waals surface area contributed by atoms with E-state index >= 15 is 0 Å². The summed E-state index contributed by atoms with van der Waals surface area (Å²) >= 11 is 0. The van der Waals surface area contributed by atoms with Crippen LogP contribution in [0, 0.1) is 5.41 Å². The van der Waals surface area contributed by atoms with E-state index in [9.17, 15) is 0 Å². The van der Waals surface area contributed by atoms with Gasteiger partial charge in [0, 0.05) is 24.3 Å². The van der Waals surface area contributed by atoms with Crippen LogP contribution in [0.3, 0.4) is 0 Å². The molecule has 1 fully saturated rings. The Labute approximate surface area is 120 Å². The van der Waals surface area contributed by atoms with Crippen LogP contribution < -0.4 is 5.32 Å². The fourth-order valence-corrected chi connectivity index (χ4v) is 3.06. The Bertz CT molecular complexity index is 583. The number of nitrogens with one attached hydrogen (secondary N) is 1. The Morgan fingerprint density at radius 3 is 2.55 bits per heavy atom. The van der Waals surface area contributed by atoms with Gasteiger partial charge < -0.3 is 9.88 Å². The second-order valence-electron chi connectivity index (χ2n) is 6.42. The number of rotatable bonds is 3. The molecule has 0 amide bonds. The monoisotopic (exact) mass is 270 g/mol. The van der Waals surface area contributed by atoms with Gasteiger partial charge in [0.1, 0.15) is 6.33 Å². The van der Waals surface area contributed by atoms with E-state index in [4.69, 9.17) is 0 Å². The van der Waals surface area contributed by atoms with Crippen LogP contribution in [0.1, 0.15) is 33.1 Å². The smallest absolute Gasteiger partial charge is 0.163 e. The summed E-state index contributed by atoms with van der Waals surface area (Å²) in [6, 6.07) is 9.06. The lowest BCUT2D eigenvalue weighted by Crippen LogP contribution is -2.30. The second-order valence-corrected chi connectivity index (χ2v) is 6.42. The van der Waals surface area contributed by atoms with Crippen LogP contribution in [0.15, 0.2) is 30.6 Å². The zero-order chi connectivity index (χ0) is 14.2. The molecule has 0 saturated heterocycles. The number of hydrogen-bond acceptors (Lipinski definition) is 3. The van der Waals surface area contributed by atoms with Crippen LogP contribution in [-0.4, -0.2) is 20.8 Å². The summed E-state index contributed by atoms with van der Waals surface area (Å²) in [5, 5.41) is 11.7. The average Bonchev–Trinajstić information content (AvgIpc) is 2.97. The number of aromatic nitrogens is 3. The van der Waals surface area contributed by atoms with Crippen LogP contribution in [0.25, 0.3) is 11.4 Å². The van der Waals surface area contributed by atoms with Crippen molar-refractivity contribution in [3.8, 4) is 11.4 Å². The first-order chi connectivity index (χ1) is 9.56. The highest BCUT2D eigenvalue weighted by molar-refractivity contribution is 5.60. The molecule has 2 aromatic rings. The molecule has 106 valence electrons. The molecule has 1 unspecified atom stereocenters. The lowest BCUT2D eigenvalue weighted by Gasteiger charge is -2.28. The summed E-state index contributed by atoms with van der Waals surface area (Å²) in [4.78, 5) is 0. The van der Waals surface area contributed by atoms with Gasteiger partial charge >= 0.3 is 0 Å². The Balaban J connectivity index is 1.75. The van der Waals surface area contributed by atoms with Gasteiger partial charge in [-0.1, -0.05) is 20.3 Å². The molecule has 20 heavy (non-hydrogen) atoms. The third kappa shape index (κ3) is 2.42. The highest BCUT2D eigenvalue weighted by Gasteiger charge is 2.34. The van der Waals surface area contributed by atoms with E-state index in [0.717, 1.165) is 11.4 Å². The number of benzene rings is 1. The van der Waals surface area contributed by atoms with Gasteiger partial charge in [0.05, 0.1) is 0 Å². The Morgan fingerprint density at radius 2 is 2.00 bits per heavy atom. The van der Waals surface area contributed by atoms with Crippen LogP contribution >= 0.6 is 0 Å². The van der Waals surface area contributed by atoms with E-state index in [0.29, 0.717) is 11.5 Å². The molecular formula is C16H22N4. The SMILES string of the molecule is Cn1cnnc1-c1ccc(NC2CCCC2(C)C)cc1. The predicted molar refractivity (Wildman–Crippen MR) is 81.5 cm³/mol. The zero-order valence-corrected chi connectivity index (χ0v) is 12.4. The van der Waals surface area contributed by atoms with Gasteiger partial charge in [0.2, 0.25) is 0 Å². The van der Waals surface area contributed by atoms with Gasteiger partial charge in [-0.2, -0.15) is 0 Å². The summed E-state index contributed by atoms with van der Waals surface area (Å²) in [6.45, 7) is 4.71. The molecule has 0 aliphatic heterocycles. The van der Waals surface area contributed by atoms with Gasteiger partial charge in [0.15, 0.2) is 5.82 Å². The zero-order valence-electron chi connectivity index (χ0n) is 12.4. The molecule has 1 aliphatic rings. The van der Waals surface area contributed by atoms with Crippen molar-refractivity contribution >= 4 is 5.69 Å². The maximum atomic E-state index is 4.13. The van der Waals surface area contributed by atoms with E-state index in [1.54, 1.807) is 6.33 Å². The van der Waals surface area contributed by atoms with Crippen molar-refractivity contribution in [1.82, 2.24) is 14.8 Å². The van der Waals surface area contributed by atoms with E-state index < -0.39 is 0 Å². The minimum atomic E-state index is 0.391. The first kappa shape index (κ1) is 13.2. The van der Waals surface area contributed by atoms with E-state index in [1.165, 1.54) is 24.9 Å². The van der Waals surface area contributed by atoms with Gasteiger partial charge in [0.25, 0.3) is 0 Å². The van der Waals surface area contributed by atoms with Crippen LogP contribution in [0.4, 0.5) is 5.69 Å². The first-order valence-corrected chi connectivity index (χ1v) is 7.27. The summed E-state index contributed by atoms with van der Waals surface area (Å²) in [5.74, 6) is 0.901. The topological polar surface area (TPSA) is 42.7 Å². The summed E-state index contributed by atoms with van der Waals surface area (Å²) in [5.41, 5.74) is 2.68. The van der Waals surface area contributed by atoms with Crippen molar-refractivity contribution in [1.29, 1.82) is 0 Å². The number of anilines is 1. The molecular weight excluding hydrogens is 248 g/mol. The van der Waals surface area contributed by atoms with Gasteiger partial charge in [-0.05, 0) is 42.5 Å². The number of aryl methyl sites for hydroxylation is 1. The molecule has 1 aromatic heterocycles. The molecule has 0 spiro atoms. The maximum Gasteiger partial charge on any atom is 0.163 e. The van der Waals surface area contributed by atoms with Crippen LogP contribution in [0.2, 0.25) is 0 Å². The largest absolute Gasteiger partial charge is 0.382 e. The van der Waals surface area contributed by atoms with Crippen molar-refractivity contribution in [2.75, 3.05) is 5.32 Å². The number of hydrogen-bond donors (Lipinski definition) is 1. The van der Waals surface area contributed by atoms with E-state index in [2.05, 4.69) is 53.6 Å². The second kappa shape index (κ2) is 4.93. The minimum absolute atomic E-state index is 0.391. The highest BCUT2D eigenvalue weighted by atomic mass is 15.2. The lowest BCUT2D eigenvalue weighted by molar-refractivity contribution is 0.350. The molecule has 1 atom stereocenters. The van der Waals surface area contributed by atoms with Gasteiger partial charge in [-0.3, -0.25) is 0 Å². The molecule has 1 N–H and O–H groups in total. The summed E-state index contributed by atoms with van der Waals surface area (Å²) in [6.07, 6.45) is 5.62. The molecule has 1 heterocycles. The maximum absolute atomic E-state index is 4.13. The predicted octanol–water partition coefficient (Wildman–Crippen LogP) is 3.47. The molecule has 1 saturated carbocycles. The molecule has 1 aliphatic carbocycles. The Morgan fingerprint density at radius 1 is 1.25 bits per heavy atom. The van der Waals surface area contributed by atoms with Crippen molar-refractivity contribution in [2.45, 2.75) is 39.2 Å². The number of nitrogens with zero attached hydrogens (tertiary/aromatic N) is 3. The first-order valence-electron chi connectivity index (χ1n) is 7.27. The van der Waals surface area contributed by atoms with Gasteiger partial charge in [-0.25, -0.2) is 0 Å². The van der Waals surface area contributed by atoms with Crippen molar-refractivity contribution in [2.24, 2.45) is 12.5 Å². The molecule has 4 nitrogen and oxygen atoms in total. The van der Waals surface area contributed by atoms with Crippen molar-refractivity contribution < 1.29 is 0 Å². The summed E-state index contributed by atoms with van der Waals surface area (Å²) < 4.78 is 1.93. The average molecular weight is 270 g/mol. The Kier molecular flexibility index (Phi) is 3.24. The molecule has 0 radical (unpaired) electrons. The normalized spacial score (nSPS) is 21.1. The fraction of sp³-hybridized carbons (Fsp3) is 0.500. The van der Waals surface area contributed by atoms with Gasteiger partial charge in [-0.15, -0.1) is 10.2 Å². The van der Waals surface area contributed by atoms with E-state index in [1.807, 2.05) is 11.6 Å². The van der Waals surface area contributed by atoms with Crippen molar-refractivity contribution in [3.63, 3.8) is 0 Å². The molecule has 1 aromatic carbocycles. The third-order valence-electron chi connectivity index (χ3n) is 4.45. The summed E-state index contributed by atoms with van der Waals surface area (Å²) in [7, 11) is 1.96. The lowest BCUT2D eigenvalue weighted by atomic mass is 9.87.